The summed E-state index contributed by atoms with van der Waals surface area (Å²) < 4.78 is 0. The van der Waals surface area contributed by atoms with E-state index in [9.17, 15) is 19.5 Å². The Kier molecular flexibility index (Phi) is 9.67. The van der Waals surface area contributed by atoms with Gasteiger partial charge in [0.05, 0.1) is 5.52 Å². The highest BCUT2D eigenvalue weighted by molar-refractivity contribution is 6.31. The van der Waals surface area contributed by atoms with Crippen molar-refractivity contribution in [2.45, 2.75) is 71.1 Å². The third-order valence-electron chi connectivity index (χ3n) is 5.00. The standard InChI is InChI=1S/C22H30ClN3O4/c1-2-3-4-5-6-7-8-9-10-11-18(27)25-26-22(30)19-20(28)16-13-12-15(23)14-17(16)24-21(19)29/h12-14H,2-11H2,1H3,(H,25,27)(H,26,30)(H2,24,28,29). The van der Waals surface area contributed by atoms with Gasteiger partial charge in [0, 0.05) is 16.8 Å². The zero-order chi connectivity index (χ0) is 21.9. The second kappa shape index (κ2) is 12.2. The van der Waals surface area contributed by atoms with Crippen LogP contribution in [0.25, 0.3) is 10.9 Å². The molecular formula is C22H30ClN3O4. The van der Waals surface area contributed by atoms with Gasteiger partial charge in [0.2, 0.25) is 5.91 Å². The summed E-state index contributed by atoms with van der Waals surface area (Å²) in [6, 6.07) is 4.52. The summed E-state index contributed by atoms with van der Waals surface area (Å²) in [7, 11) is 0. The number of rotatable bonds is 11. The second-order valence-corrected chi connectivity index (χ2v) is 7.88. The van der Waals surface area contributed by atoms with Crippen LogP contribution in [0.1, 0.15) is 81.5 Å². The number of aromatic hydroxyl groups is 1. The van der Waals surface area contributed by atoms with Gasteiger partial charge in [-0.1, -0.05) is 69.9 Å². The van der Waals surface area contributed by atoms with Crippen LogP contribution in [0.4, 0.5) is 0 Å². The lowest BCUT2D eigenvalue weighted by Crippen LogP contribution is -2.43. The molecule has 2 amide bonds. The lowest BCUT2D eigenvalue weighted by atomic mass is 10.1. The number of carbonyl (C=O) groups excluding carboxylic acids is 2. The van der Waals surface area contributed by atoms with E-state index in [1.165, 1.54) is 56.7 Å². The molecule has 0 aliphatic rings. The Morgan fingerprint density at radius 2 is 1.63 bits per heavy atom. The van der Waals surface area contributed by atoms with Crippen LogP contribution in [0.15, 0.2) is 23.0 Å². The molecule has 0 saturated heterocycles. The molecule has 0 spiro atoms. The zero-order valence-electron chi connectivity index (χ0n) is 17.4. The van der Waals surface area contributed by atoms with E-state index in [2.05, 4.69) is 22.8 Å². The first-order valence-electron chi connectivity index (χ1n) is 10.6. The largest absolute Gasteiger partial charge is 0.506 e. The van der Waals surface area contributed by atoms with E-state index in [4.69, 9.17) is 11.6 Å². The number of unbranched alkanes of at least 4 members (excludes halogenated alkanes) is 8. The normalized spacial score (nSPS) is 10.9. The topological polar surface area (TPSA) is 111 Å². The number of amides is 2. The van der Waals surface area contributed by atoms with E-state index in [-0.39, 0.29) is 17.7 Å². The molecule has 1 aromatic heterocycles. The van der Waals surface area contributed by atoms with Crippen LogP contribution in [0.5, 0.6) is 5.75 Å². The first-order valence-corrected chi connectivity index (χ1v) is 11.0. The average molecular weight is 436 g/mol. The van der Waals surface area contributed by atoms with Crippen LogP contribution in [-0.4, -0.2) is 21.9 Å². The quantitative estimate of drug-likeness (QED) is 0.306. The molecule has 1 heterocycles. The molecule has 7 nitrogen and oxygen atoms in total. The summed E-state index contributed by atoms with van der Waals surface area (Å²) in [5, 5.41) is 11.0. The van der Waals surface area contributed by atoms with Crippen LogP contribution in [-0.2, 0) is 4.79 Å². The number of aromatic nitrogens is 1. The van der Waals surface area contributed by atoms with Crippen molar-refractivity contribution in [2.24, 2.45) is 0 Å². The highest BCUT2D eigenvalue weighted by atomic mass is 35.5. The van der Waals surface area contributed by atoms with E-state index in [1.807, 2.05) is 0 Å². The summed E-state index contributed by atoms with van der Waals surface area (Å²) in [5.74, 6) is -1.68. The van der Waals surface area contributed by atoms with E-state index in [1.54, 1.807) is 0 Å². The highest BCUT2D eigenvalue weighted by Gasteiger charge is 2.19. The van der Waals surface area contributed by atoms with Crippen LogP contribution in [0, 0.1) is 0 Å². The third-order valence-corrected chi connectivity index (χ3v) is 5.23. The van der Waals surface area contributed by atoms with Crippen LogP contribution in [0.3, 0.4) is 0 Å². The fraction of sp³-hybridized carbons (Fsp3) is 0.500. The molecule has 0 saturated carbocycles. The smallest absolute Gasteiger partial charge is 0.279 e. The van der Waals surface area contributed by atoms with Gasteiger partial charge in [0.15, 0.2) is 0 Å². The minimum Gasteiger partial charge on any atom is -0.506 e. The van der Waals surface area contributed by atoms with Gasteiger partial charge in [-0.15, -0.1) is 0 Å². The number of fused-ring (bicyclic) bond motifs is 1. The number of H-pyrrole nitrogens is 1. The van der Waals surface area contributed by atoms with Gasteiger partial charge in [-0.25, -0.2) is 0 Å². The van der Waals surface area contributed by atoms with Gasteiger partial charge in [0.1, 0.15) is 11.3 Å². The second-order valence-electron chi connectivity index (χ2n) is 7.45. The molecule has 8 heteroatoms. The maximum atomic E-state index is 12.3. The van der Waals surface area contributed by atoms with Gasteiger partial charge >= 0.3 is 0 Å². The van der Waals surface area contributed by atoms with E-state index in [0.717, 1.165) is 19.3 Å². The number of hydrogen-bond acceptors (Lipinski definition) is 4. The molecule has 30 heavy (non-hydrogen) atoms. The number of pyridine rings is 1. The number of nitrogens with one attached hydrogen (secondary N) is 3. The van der Waals surface area contributed by atoms with Crippen LogP contribution < -0.4 is 16.4 Å². The van der Waals surface area contributed by atoms with Crippen molar-refractivity contribution in [3.63, 3.8) is 0 Å². The van der Waals surface area contributed by atoms with E-state index in [0.29, 0.717) is 10.5 Å². The molecule has 164 valence electrons. The monoisotopic (exact) mass is 435 g/mol. The molecule has 0 aliphatic heterocycles. The summed E-state index contributed by atoms with van der Waals surface area (Å²) in [5.41, 5.74) is 3.57. The van der Waals surface area contributed by atoms with Crippen molar-refractivity contribution in [1.82, 2.24) is 15.8 Å². The van der Waals surface area contributed by atoms with Crippen molar-refractivity contribution in [1.29, 1.82) is 0 Å². The SMILES string of the molecule is CCCCCCCCCCCC(=O)NNC(=O)c1c(O)c2ccc(Cl)cc2[nH]c1=O. The Bertz CT molecular complexity index is 926. The fourth-order valence-corrected chi connectivity index (χ4v) is 3.48. The molecule has 2 rings (SSSR count). The molecule has 4 N–H and O–H groups in total. The minimum atomic E-state index is -0.883. The summed E-state index contributed by atoms with van der Waals surface area (Å²) >= 11 is 5.88. The lowest BCUT2D eigenvalue weighted by Gasteiger charge is -2.10. The zero-order valence-corrected chi connectivity index (χ0v) is 18.1. The lowest BCUT2D eigenvalue weighted by molar-refractivity contribution is -0.122. The number of carbonyl (C=O) groups is 2. The number of aromatic amines is 1. The summed E-state index contributed by atoms with van der Waals surface area (Å²) in [6.07, 6.45) is 10.6. The Morgan fingerprint density at radius 3 is 2.30 bits per heavy atom. The maximum Gasteiger partial charge on any atom is 0.279 e. The number of hydrazine groups is 1. The molecule has 0 unspecified atom stereocenters. The van der Waals surface area contributed by atoms with Gasteiger partial charge in [0.25, 0.3) is 11.5 Å². The van der Waals surface area contributed by atoms with E-state index < -0.39 is 22.8 Å². The number of halogens is 1. The molecule has 1 aromatic carbocycles. The Morgan fingerprint density at radius 1 is 1.00 bits per heavy atom. The van der Waals surface area contributed by atoms with Gasteiger partial charge in [-0.3, -0.25) is 25.2 Å². The molecular weight excluding hydrogens is 406 g/mol. The maximum absolute atomic E-state index is 12.3. The molecule has 0 radical (unpaired) electrons. The predicted molar refractivity (Wildman–Crippen MR) is 119 cm³/mol. The summed E-state index contributed by atoms with van der Waals surface area (Å²) in [6.45, 7) is 2.20. The summed E-state index contributed by atoms with van der Waals surface area (Å²) in [4.78, 5) is 38.9. The van der Waals surface area contributed by atoms with Gasteiger partial charge < -0.3 is 10.1 Å². The molecule has 0 aliphatic carbocycles. The van der Waals surface area contributed by atoms with Crippen molar-refractivity contribution in [3.8, 4) is 5.75 Å². The van der Waals surface area contributed by atoms with Crippen LogP contribution >= 0.6 is 11.6 Å². The Labute approximate surface area is 181 Å². The third kappa shape index (κ3) is 7.06. The number of benzene rings is 1. The van der Waals surface area contributed by atoms with Crippen molar-refractivity contribution in [2.75, 3.05) is 0 Å². The molecule has 2 aromatic rings. The van der Waals surface area contributed by atoms with Gasteiger partial charge in [-0.2, -0.15) is 0 Å². The van der Waals surface area contributed by atoms with E-state index >= 15 is 0 Å². The Balaban J connectivity index is 1.76. The predicted octanol–water partition coefficient (Wildman–Crippen LogP) is 4.57. The molecule has 0 bridgehead atoms. The first-order chi connectivity index (χ1) is 14.4. The average Bonchev–Trinajstić information content (AvgIpc) is 2.70. The number of hydrogen-bond donors (Lipinski definition) is 4. The minimum absolute atomic E-state index is 0.283. The van der Waals surface area contributed by atoms with Crippen molar-refractivity contribution >= 4 is 34.3 Å². The first kappa shape index (κ1) is 23.7. The molecule has 0 atom stereocenters. The van der Waals surface area contributed by atoms with Crippen molar-refractivity contribution in [3.05, 3.63) is 39.1 Å². The van der Waals surface area contributed by atoms with Gasteiger partial charge in [-0.05, 0) is 24.6 Å². The van der Waals surface area contributed by atoms with Crippen molar-refractivity contribution < 1.29 is 14.7 Å². The fourth-order valence-electron chi connectivity index (χ4n) is 3.31. The van der Waals surface area contributed by atoms with Crippen LogP contribution in [0.2, 0.25) is 5.02 Å². The Hall–Kier alpha value is -2.54. The highest BCUT2D eigenvalue weighted by Crippen LogP contribution is 2.26. The molecule has 0 fully saturated rings.